The van der Waals surface area contributed by atoms with E-state index in [1.807, 2.05) is 0 Å². The lowest BCUT2D eigenvalue weighted by molar-refractivity contribution is -0.157. The Hall–Kier alpha value is -1.01. The molecule has 0 spiro atoms. The van der Waals surface area contributed by atoms with E-state index in [2.05, 4.69) is 0 Å². The number of amides is 1. The summed E-state index contributed by atoms with van der Waals surface area (Å²) in [5.74, 6) is -1.30. The van der Waals surface area contributed by atoms with E-state index in [0.717, 1.165) is 0 Å². The number of nitrogens with zero attached hydrogens (tertiary/aromatic N) is 1. The minimum Gasteiger partial charge on any atom is -0.479 e. The number of nitrogens with two attached hydrogens (primary N) is 1. The quantitative estimate of drug-likeness (QED) is 0.541. The highest BCUT2D eigenvalue weighted by Gasteiger charge is 2.51. The van der Waals surface area contributed by atoms with Gasteiger partial charge in [0.2, 0.25) is 5.91 Å². The molecule has 2 aliphatic rings. The largest absolute Gasteiger partial charge is 0.479 e. The monoisotopic (exact) mass is 200 g/mol. The van der Waals surface area contributed by atoms with Crippen molar-refractivity contribution in [3.63, 3.8) is 0 Å². The molecule has 70 valence electrons. The summed E-state index contributed by atoms with van der Waals surface area (Å²) in [6.45, 7) is 0. The Morgan fingerprint density at radius 1 is 1.69 bits per heavy atom. The Kier molecular flexibility index (Phi) is 1.81. The zero-order valence-electron chi connectivity index (χ0n) is 6.58. The van der Waals surface area contributed by atoms with E-state index in [1.54, 1.807) is 5.41 Å². The minimum absolute atomic E-state index is 0.196. The van der Waals surface area contributed by atoms with Crippen molar-refractivity contribution in [1.29, 1.82) is 0 Å². The molecular formula is C7H8N2O3S. The molecule has 13 heavy (non-hydrogen) atoms. The Balaban J connectivity index is 2.24. The second kappa shape index (κ2) is 2.74. The van der Waals surface area contributed by atoms with Gasteiger partial charge in [0.05, 0.1) is 0 Å². The maximum Gasteiger partial charge on any atom is 0.330 e. The van der Waals surface area contributed by atoms with Crippen molar-refractivity contribution >= 4 is 23.6 Å². The predicted molar refractivity (Wildman–Crippen MR) is 46.8 cm³/mol. The lowest BCUT2D eigenvalue weighted by atomic mass is 10.0. The highest BCUT2D eigenvalue weighted by Crippen LogP contribution is 2.35. The smallest absolute Gasteiger partial charge is 0.330 e. The number of fused-ring (bicyclic) bond motifs is 1. The van der Waals surface area contributed by atoms with E-state index in [1.165, 1.54) is 22.7 Å². The molecule has 0 aromatic carbocycles. The standard InChI is InChI=1S/C7H8N2O3S/c8-4-5(10)9-3(7(11)12)1-2-13-6(4)9/h1-4,6H,8H2,(H,11,12)/t3-,4+,6+/m0/s1. The van der Waals surface area contributed by atoms with E-state index in [4.69, 9.17) is 10.8 Å². The number of carboxylic acid groups (broad SMARTS) is 1. The van der Waals surface area contributed by atoms with Crippen LogP contribution < -0.4 is 5.73 Å². The molecule has 1 amide bonds. The molecule has 0 unspecified atom stereocenters. The molecule has 0 aromatic rings. The Labute approximate surface area is 78.6 Å². The van der Waals surface area contributed by atoms with Gasteiger partial charge in [-0.3, -0.25) is 4.79 Å². The van der Waals surface area contributed by atoms with Crippen LogP contribution in [-0.4, -0.2) is 39.3 Å². The first-order chi connectivity index (χ1) is 6.13. The van der Waals surface area contributed by atoms with Crippen LogP contribution in [0, 0.1) is 0 Å². The van der Waals surface area contributed by atoms with Crippen molar-refractivity contribution in [1.82, 2.24) is 4.90 Å². The highest BCUT2D eigenvalue weighted by atomic mass is 32.2. The molecule has 0 aromatic heterocycles. The molecular weight excluding hydrogens is 192 g/mol. The first-order valence-corrected chi connectivity index (χ1v) is 4.70. The number of thioether (sulfide) groups is 1. The number of carbonyl (C=O) groups is 2. The number of aliphatic carboxylic acids is 1. The normalized spacial score (nSPS) is 36.8. The minimum atomic E-state index is -1.01. The summed E-state index contributed by atoms with van der Waals surface area (Å²) in [6.07, 6.45) is 1.49. The third kappa shape index (κ3) is 1.06. The molecule has 1 fully saturated rings. The van der Waals surface area contributed by atoms with Gasteiger partial charge in [-0.15, -0.1) is 11.8 Å². The van der Waals surface area contributed by atoms with E-state index in [-0.39, 0.29) is 11.3 Å². The summed E-state index contributed by atoms with van der Waals surface area (Å²) in [4.78, 5) is 23.2. The number of carbonyl (C=O) groups excluding carboxylic acids is 1. The fraction of sp³-hybridized carbons (Fsp3) is 0.429. The zero-order valence-corrected chi connectivity index (χ0v) is 7.40. The van der Waals surface area contributed by atoms with Crippen LogP contribution in [-0.2, 0) is 9.59 Å². The molecule has 3 N–H and O–H groups in total. The van der Waals surface area contributed by atoms with Gasteiger partial charge in [0.15, 0.2) is 0 Å². The number of β-lactam (4-membered cyclic amide) rings is 1. The Morgan fingerprint density at radius 3 is 3.00 bits per heavy atom. The van der Waals surface area contributed by atoms with E-state index >= 15 is 0 Å². The van der Waals surface area contributed by atoms with Crippen LogP contribution in [0.3, 0.4) is 0 Å². The van der Waals surface area contributed by atoms with Gasteiger partial charge in [-0.1, -0.05) is 0 Å². The molecule has 0 bridgehead atoms. The lowest BCUT2D eigenvalue weighted by Crippen LogP contribution is -2.71. The number of carboxylic acids is 1. The van der Waals surface area contributed by atoms with Gasteiger partial charge in [-0.05, 0) is 11.5 Å². The SMILES string of the molecule is N[C@@H]1C(=O)N2[C@@H]1SC=C[C@H]2C(=O)O. The summed E-state index contributed by atoms with van der Waals surface area (Å²) in [5, 5.41) is 10.3. The molecule has 0 radical (unpaired) electrons. The average Bonchev–Trinajstić information content (AvgIpc) is 2.15. The molecule has 6 heteroatoms. The van der Waals surface area contributed by atoms with Crippen molar-refractivity contribution in [2.45, 2.75) is 17.5 Å². The molecule has 1 saturated heterocycles. The summed E-state index contributed by atoms with van der Waals surface area (Å²) in [6, 6.07) is -1.38. The Morgan fingerprint density at radius 2 is 2.38 bits per heavy atom. The van der Waals surface area contributed by atoms with Crippen LogP contribution >= 0.6 is 11.8 Å². The van der Waals surface area contributed by atoms with Gasteiger partial charge < -0.3 is 15.7 Å². The Bertz CT molecular complexity index is 304. The second-order valence-corrected chi connectivity index (χ2v) is 3.94. The fourth-order valence-electron chi connectivity index (χ4n) is 1.45. The lowest BCUT2D eigenvalue weighted by Gasteiger charge is -2.48. The molecule has 0 aliphatic carbocycles. The molecule has 0 saturated carbocycles. The first-order valence-electron chi connectivity index (χ1n) is 3.75. The molecule has 3 atom stereocenters. The first kappa shape index (κ1) is 8.58. The topological polar surface area (TPSA) is 83.6 Å². The van der Waals surface area contributed by atoms with Crippen LogP contribution in [0.5, 0.6) is 0 Å². The second-order valence-electron chi connectivity index (χ2n) is 2.91. The van der Waals surface area contributed by atoms with Gasteiger partial charge in [-0.2, -0.15) is 0 Å². The number of rotatable bonds is 1. The van der Waals surface area contributed by atoms with Crippen LogP contribution in [0.25, 0.3) is 0 Å². The summed E-state index contributed by atoms with van der Waals surface area (Å²) < 4.78 is 0. The summed E-state index contributed by atoms with van der Waals surface area (Å²) >= 11 is 1.38. The molecule has 2 rings (SSSR count). The zero-order chi connectivity index (χ0) is 9.59. The van der Waals surface area contributed by atoms with E-state index in [9.17, 15) is 9.59 Å². The van der Waals surface area contributed by atoms with Gasteiger partial charge in [0, 0.05) is 0 Å². The van der Waals surface area contributed by atoms with Crippen LogP contribution in [0.1, 0.15) is 0 Å². The van der Waals surface area contributed by atoms with Gasteiger partial charge in [0.25, 0.3) is 0 Å². The van der Waals surface area contributed by atoms with Gasteiger partial charge >= 0.3 is 5.97 Å². The van der Waals surface area contributed by atoms with Gasteiger partial charge in [0.1, 0.15) is 17.5 Å². The molecule has 2 aliphatic heterocycles. The van der Waals surface area contributed by atoms with E-state index < -0.39 is 18.1 Å². The maximum absolute atomic E-state index is 11.2. The average molecular weight is 200 g/mol. The number of hydrogen-bond acceptors (Lipinski definition) is 4. The van der Waals surface area contributed by atoms with Crippen LogP contribution in [0.15, 0.2) is 11.5 Å². The maximum atomic E-state index is 11.2. The summed E-state index contributed by atoms with van der Waals surface area (Å²) in [5.41, 5.74) is 5.50. The van der Waals surface area contributed by atoms with Crippen LogP contribution in [0.2, 0.25) is 0 Å². The van der Waals surface area contributed by atoms with Crippen molar-refractivity contribution in [2.75, 3.05) is 0 Å². The highest BCUT2D eigenvalue weighted by molar-refractivity contribution is 8.02. The third-order valence-electron chi connectivity index (χ3n) is 2.15. The van der Waals surface area contributed by atoms with Crippen molar-refractivity contribution in [3.8, 4) is 0 Å². The van der Waals surface area contributed by atoms with Crippen molar-refractivity contribution in [3.05, 3.63) is 11.5 Å². The van der Waals surface area contributed by atoms with Crippen molar-refractivity contribution < 1.29 is 14.7 Å². The number of hydrogen-bond donors (Lipinski definition) is 2. The fourth-order valence-corrected chi connectivity index (χ4v) is 2.50. The third-order valence-corrected chi connectivity index (χ3v) is 3.27. The van der Waals surface area contributed by atoms with Crippen LogP contribution in [0.4, 0.5) is 0 Å². The summed E-state index contributed by atoms with van der Waals surface area (Å²) in [7, 11) is 0. The predicted octanol–water partition coefficient (Wildman–Crippen LogP) is -0.804. The van der Waals surface area contributed by atoms with E-state index in [0.29, 0.717) is 0 Å². The van der Waals surface area contributed by atoms with Crippen molar-refractivity contribution in [2.24, 2.45) is 5.73 Å². The molecule has 2 heterocycles. The van der Waals surface area contributed by atoms with Gasteiger partial charge in [-0.25, -0.2) is 4.79 Å². The molecule has 5 nitrogen and oxygen atoms in total.